The Labute approximate surface area is 87.4 Å². The number of benzene rings is 1. The van der Waals surface area contributed by atoms with Gasteiger partial charge in [0.05, 0.1) is 5.38 Å². The standard InChI is InChI=1S/C9H9Cl3/c1-6(11)9-3-2-8(12)4-7(9)5-10/h2-4,6H,5H2,1H3. The second kappa shape index (κ2) is 4.36. The summed E-state index contributed by atoms with van der Waals surface area (Å²) in [6, 6.07) is 5.59. The van der Waals surface area contributed by atoms with Crippen LogP contribution in [0.5, 0.6) is 0 Å². The zero-order valence-corrected chi connectivity index (χ0v) is 8.92. The molecule has 0 saturated carbocycles. The van der Waals surface area contributed by atoms with Crippen molar-refractivity contribution in [1.29, 1.82) is 0 Å². The Hall–Kier alpha value is 0.0900. The monoisotopic (exact) mass is 222 g/mol. The van der Waals surface area contributed by atoms with E-state index < -0.39 is 0 Å². The zero-order valence-electron chi connectivity index (χ0n) is 6.65. The fraction of sp³-hybridized carbons (Fsp3) is 0.333. The van der Waals surface area contributed by atoms with Gasteiger partial charge in [-0.3, -0.25) is 0 Å². The van der Waals surface area contributed by atoms with Gasteiger partial charge in [0.1, 0.15) is 0 Å². The summed E-state index contributed by atoms with van der Waals surface area (Å²) in [6.07, 6.45) is 0. The molecule has 0 fully saturated rings. The summed E-state index contributed by atoms with van der Waals surface area (Å²) >= 11 is 17.5. The topological polar surface area (TPSA) is 0 Å². The fourth-order valence-corrected chi connectivity index (χ4v) is 1.72. The van der Waals surface area contributed by atoms with E-state index in [1.807, 2.05) is 25.1 Å². The van der Waals surface area contributed by atoms with Gasteiger partial charge in [0, 0.05) is 10.9 Å². The summed E-state index contributed by atoms with van der Waals surface area (Å²) in [5, 5.41) is 0.683. The number of alkyl halides is 2. The van der Waals surface area contributed by atoms with Crippen LogP contribution in [0.4, 0.5) is 0 Å². The highest BCUT2D eigenvalue weighted by molar-refractivity contribution is 6.30. The molecule has 0 amide bonds. The van der Waals surface area contributed by atoms with Gasteiger partial charge in [-0.15, -0.1) is 23.2 Å². The molecule has 1 rings (SSSR count). The van der Waals surface area contributed by atoms with E-state index in [9.17, 15) is 0 Å². The van der Waals surface area contributed by atoms with Crippen LogP contribution in [0.2, 0.25) is 5.02 Å². The molecule has 0 spiro atoms. The van der Waals surface area contributed by atoms with Gasteiger partial charge in [-0.2, -0.15) is 0 Å². The second-order valence-corrected chi connectivity index (χ2v) is 3.95. The minimum absolute atomic E-state index is 0.0176. The third-order valence-electron chi connectivity index (χ3n) is 1.68. The van der Waals surface area contributed by atoms with Gasteiger partial charge in [-0.25, -0.2) is 0 Å². The van der Waals surface area contributed by atoms with Crippen molar-refractivity contribution in [3.05, 3.63) is 34.3 Å². The summed E-state index contributed by atoms with van der Waals surface area (Å²) in [4.78, 5) is 0. The first kappa shape index (κ1) is 10.2. The van der Waals surface area contributed by atoms with Crippen LogP contribution in [-0.2, 0) is 5.88 Å². The molecule has 1 aromatic carbocycles. The normalized spacial score (nSPS) is 13.0. The number of hydrogen-bond acceptors (Lipinski definition) is 0. The molecule has 12 heavy (non-hydrogen) atoms. The maximum absolute atomic E-state index is 5.94. The van der Waals surface area contributed by atoms with Crippen LogP contribution < -0.4 is 0 Å². The van der Waals surface area contributed by atoms with Crippen molar-refractivity contribution in [2.75, 3.05) is 0 Å². The van der Waals surface area contributed by atoms with Crippen LogP contribution >= 0.6 is 34.8 Å². The van der Waals surface area contributed by atoms with Gasteiger partial charge in [0.15, 0.2) is 0 Å². The lowest BCUT2D eigenvalue weighted by atomic mass is 10.1. The Kier molecular flexibility index (Phi) is 3.70. The largest absolute Gasteiger partial charge is 0.122 e. The molecule has 0 aliphatic carbocycles. The van der Waals surface area contributed by atoms with Crippen LogP contribution in [0, 0.1) is 0 Å². The van der Waals surface area contributed by atoms with Crippen LogP contribution in [-0.4, -0.2) is 0 Å². The first-order chi connectivity index (χ1) is 5.65. The van der Waals surface area contributed by atoms with Crippen LogP contribution in [0.25, 0.3) is 0 Å². The number of hydrogen-bond donors (Lipinski definition) is 0. The maximum Gasteiger partial charge on any atom is 0.0560 e. The molecular weight excluding hydrogens is 214 g/mol. The van der Waals surface area contributed by atoms with Crippen molar-refractivity contribution in [2.45, 2.75) is 18.2 Å². The van der Waals surface area contributed by atoms with Crippen molar-refractivity contribution < 1.29 is 0 Å². The van der Waals surface area contributed by atoms with Gasteiger partial charge in [0.25, 0.3) is 0 Å². The molecule has 0 aliphatic heterocycles. The first-order valence-corrected chi connectivity index (χ1v) is 4.98. The molecule has 0 aliphatic rings. The molecule has 0 bridgehead atoms. The number of halogens is 3. The van der Waals surface area contributed by atoms with Crippen molar-refractivity contribution in [3.63, 3.8) is 0 Å². The van der Waals surface area contributed by atoms with E-state index in [1.165, 1.54) is 0 Å². The molecule has 0 nitrogen and oxygen atoms in total. The average molecular weight is 224 g/mol. The van der Waals surface area contributed by atoms with E-state index >= 15 is 0 Å². The van der Waals surface area contributed by atoms with Gasteiger partial charge < -0.3 is 0 Å². The fourth-order valence-electron chi connectivity index (χ4n) is 1.08. The summed E-state index contributed by atoms with van der Waals surface area (Å²) in [5.74, 6) is 0.451. The first-order valence-electron chi connectivity index (χ1n) is 3.63. The molecule has 0 N–H and O–H groups in total. The Bertz CT molecular complexity index is 268. The van der Waals surface area contributed by atoms with Crippen LogP contribution in [0.3, 0.4) is 0 Å². The van der Waals surface area contributed by atoms with Crippen LogP contribution in [0.1, 0.15) is 23.4 Å². The van der Waals surface area contributed by atoms with E-state index in [0.717, 1.165) is 11.1 Å². The quantitative estimate of drug-likeness (QED) is 0.653. The Balaban J connectivity index is 3.11. The minimum Gasteiger partial charge on any atom is -0.122 e. The van der Waals surface area contributed by atoms with E-state index in [-0.39, 0.29) is 5.38 Å². The van der Waals surface area contributed by atoms with Gasteiger partial charge >= 0.3 is 0 Å². The summed E-state index contributed by atoms with van der Waals surface area (Å²) < 4.78 is 0. The zero-order chi connectivity index (χ0) is 9.14. The Morgan fingerprint density at radius 2 is 2.08 bits per heavy atom. The van der Waals surface area contributed by atoms with Crippen LogP contribution in [0.15, 0.2) is 18.2 Å². The lowest BCUT2D eigenvalue weighted by Crippen LogP contribution is -1.91. The molecule has 66 valence electrons. The molecule has 0 saturated heterocycles. The van der Waals surface area contributed by atoms with Gasteiger partial charge in [0.2, 0.25) is 0 Å². The summed E-state index contributed by atoms with van der Waals surface area (Å²) in [5.41, 5.74) is 2.06. The van der Waals surface area contributed by atoms with Crippen molar-refractivity contribution in [1.82, 2.24) is 0 Å². The van der Waals surface area contributed by atoms with Gasteiger partial charge in [-0.1, -0.05) is 17.7 Å². The predicted molar refractivity (Wildman–Crippen MR) is 55.3 cm³/mol. The Morgan fingerprint density at radius 1 is 1.42 bits per heavy atom. The van der Waals surface area contributed by atoms with Crippen molar-refractivity contribution >= 4 is 34.8 Å². The molecule has 1 atom stereocenters. The smallest absolute Gasteiger partial charge is 0.0560 e. The van der Waals surface area contributed by atoms with E-state index in [0.29, 0.717) is 10.9 Å². The SMILES string of the molecule is CC(Cl)c1ccc(Cl)cc1CCl. The highest BCUT2D eigenvalue weighted by Crippen LogP contribution is 2.26. The molecule has 0 heterocycles. The predicted octanol–water partition coefficient (Wildman–Crippen LogP) is 4.38. The van der Waals surface area contributed by atoms with Gasteiger partial charge in [-0.05, 0) is 30.2 Å². The third kappa shape index (κ3) is 2.29. The second-order valence-electron chi connectivity index (χ2n) is 2.59. The third-order valence-corrected chi connectivity index (χ3v) is 2.44. The molecule has 1 unspecified atom stereocenters. The van der Waals surface area contributed by atoms with E-state index in [4.69, 9.17) is 34.8 Å². The molecule has 1 aromatic rings. The lowest BCUT2D eigenvalue weighted by molar-refractivity contribution is 1.05. The highest BCUT2D eigenvalue weighted by Gasteiger charge is 2.07. The highest BCUT2D eigenvalue weighted by atomic mass is 35.5. The molecule has 0 radical (unpaired) electrons. The molecule has 0 aromatic heterocycles. The maximum atomic E-state index is 5.94. The minimum atomic E-state index is -0.0176. The van der Waals surface area contributed by atoms with Crippen molar-refractivity contribution in [3.8, 4) is 0 Å². The molecular formula is C9H9Cl3. The molecule has 3 heteroatoms. The Morgan fingerprint density at radius 3 is 2.58 bits per heavy atom. The number of rotatable bonds is 2. The summed E-state index contributed by atoms with van der Waals surface area (Å²) in [7, 11) is 0. The van der Waals surface area contributed by atoms with Crippen molar-refractivity contribution in [2.24, 2.45) is 0 Å². The summed E-state index contributed by atoms with van der Waals surface area (Å²) in [6.45, 7) is 1.92. The van der Waals surface area contributed by atoms with E-state index in [1.54, 1.807) is 0 Å². The lowest BCUT2D eigenvalue weighted by Gasteiger charge is -2.08. The average Bonchev–Trinajstić information content (AvgIpc) is 2.03. The van der Waals surface area contributed by atoms with E-state index in [2.05, 4.69) is 0 Å².